The molecule has 1 N–H and O–H groups in total. The Morgan fingerprint density at radius 1 is 1.15 bits per heavy atom. The molecule has 2 heterocycles. The number of hydrogen-bond acceptors (Lipinski definition) is 5. The fourth-order valence-electron chi connectivity index (χ4n) is 2.90. The first kappa shape index (κ1) is 17.2. The van der Waals surface area contributed by atoms with Crippen LogP contribution < -0.4 is 5.32 Å². The first-order valence-electron chi connectivity index (χ1n) is 8.50. The first-order valence-corrected chi connectivity index (χ1v) is 10.5. The zero-order valence-electron chi connectivity index (χ0n) is 14.2. The summed E-state index contributed by atoms with van der Waals surface area (Å²) in [5.74, 6) is 1.33. The number of aliphatic imine (C=N–C) groups is 1. The van der Waals surface area contributed by atoms with Gasteiger partial charge < -0.3 is 10.2 Å². The van der Waals surface area contributed by atoms with E-state index >= 15 is 0 Å². The van der Waals surface area contributed by atoms with Crippen molar-refractivity contribution in [1.29, 1.82) is 0 Å². The molecule has 0 aromatic heterocycles. The molecule has 0 unspecified atom stereocenters. The van der Waals surface area contributed by atoms with Gasteiger partial charge >= 0.3 is 0 Å². The minimum Gasteiger partial charge on any atom is -0.325 e. The van der Waals surface area contributed by atoms with Crippen LogP contribution in [0.1, 0.15) is 11.1 Å². The number of benzene rings is 2. The van der Waals surface area contributed by atoms with E-state index in [4.69, 9.17) is 0 Å². The highest BCUT2D eigenvalue weighted by atomic mass is 32.2. The topological polar surface area (TPSA) is 44.7 Å². The molecule has 26 heavy (non-hydrogen) atoms. The maximum Gasteiger partial charge on any atom is 0.234 e. The molecule has 2 aromatic rings. The number of nitrogens with zero attached hydrogens (tertiary/aromatic N) is 2. The summed E-state index contributed by atoms with van der Waals surface area (Å²) < 4.78 is 0. The van der Waals surface area contributed by atoms with E-state index in [0.29, 0.717) is 5.75 Å². The molecule has 6 heteroatoms. The average molecular weight is 382 g/mol. The number of amides is 1. The Bertz CT molecular complexity index is 847. The van der Waals surface area contributed by atoms with Crippen molar-refractivity contribution in [2.75, 3.05) is 24.2 Å². The van der Waals surface area contributed by atoms with Crippen molar-refractivity contribution >= 4 is 46.0 Å². The fourth-order valence-corrected chi connectivity index (χ4v) is 4.66. The second-order valence-electron chi connectivity index (χ2n) is 6.04. The van der Waals surface area contributed by atoms with Gasteiger partial charge in [0.15, 0.2) is 5.17 Å². The third-order valence-electron chi connectivity index (χ3n) is 4.18. The van der Waals surface area contributed by atoms with Crippen molar-refractivity contribution in [3.63, 3.8) is 0 Å². The minimum absolute atomic E-state index is 0.0308. The van der Waals surface area contributed by atoms with Crippen molar-refractivity contribution in [2.45, 2.75) is 5.75 Å². The largest absolute Gasteiger partial charge is 0.325 e. The zero-order valence-corrected chi connectivity index (χ0v) is 15.9. The lowest BCUT2D eigenvalue weighted by Gasteiger charge is -2.16. The van der Waals surface area contributed by atoms with Gasteiger partial charge in [0.25, 0.3) is 0 Å². The molecule has 0 atom stereocenters. The lowest BCUT2D eigenvalue weighted by molar-refractivity contribution is -0.113. The van der Waals surface area contributed by atoms with Crippen molar-refractivity contribution in [1.82, 2.24) is 4.90 Å². The highest BCUT2D eigenvalue weighted by molar-refractivity contribution is 8.16. The molecule has 0 saturated heterocycles. The van der Waals surface area contributed by atoms with Gasteiger partial charge in [0.2, 0.25) is 5.91 Å². The minimum atomic E-state index is 0.0308. The van der Waals surface area contributed by atoms with Crippen LogP contribution in [0.25, 0.3) is 5.70 Å². The van der Waals surface area contributed by atoms with E-state index in [-0.39, 0.29) is 5.91 Å². The summed E-state index contributed by atoms with van der Waals surface area (Å²) in [4.78, 5) is 18.8. The molecular formula is C20H19N3OS2. The number of rotatable bonds is 6. The molecule has 0 spiro atoms. The number of thioether (sulfide) groups is 2. The number of nitrogens with one attached hydrogen (secondary N) is 1. The molecule has 0 saturated carbocycles. The second-order valence-corrected chi connectivity index (χ2v) is 7.86. The Morgan fingerprint density at radius 3 is 2.77 bits per heavy atom. The molecule has 1 amide bonds. The summed E-state index contributed by atoms with van der Waals surface area (Å²) in [6, 6.07) is 18.2. The predicted octanol–water partition coefficient (Wildman–Crippen LogP) is 4.28. The Hall–Kier alpha value is -2.18. The van der Waals surface area contributed by atoms with Crippen LogP contribution in [0, 0.1) is 0 Å². The number of carbonyl (C=O) groups excluding carboxylic acids is 1. The van der Waals surface area contributed by atoms with Gasteiger partial charge in [-0.2, -0.15) is 0 Å². The summed E-state index contributed by atoms with van der Waals surface area (Å²) in [6.07, 6.45) is 0. The van der Waals surface area contributed by atoms with Crippen molar-refractivity contribution in [3.05, 3.63) is 71.1 Å². The van der Waals surface area contributed by atoms with E-state index in [9.17, 15) is 4.79 Å². The van der Waals surface area contributed by atoms with Crippen molar-refractivity contribution in [3.8, 4) is 0 Å². The predicted molar refractivity (Wildman–Crippen MR) is 112 cm³/mol. The van der Waals surface area contributed by atoms with Gasteiger partial charge in [0, 0.05) is 23.4 Å². The van der Waals surface area contributed by atoms with E-state index in [0.717, 1.165) is 35.3 Å². The Kier molecular flexibility index (Phi) is 5.32. The molecule has 2 aromatic carbocycles. The molecule has 0 fully saturated rings. The molecule has 2 aliphatic rings. The van der Waals surface area contributed by atoms with E-state index in [1.165, 1.54) is 11.3 Å². The van der Waals surface area contributed by atoms with Gasteiger partial charge in [0.05, 0.1) is 18.0 Å². The van der Waals surface area contributed by atoms with Gasteiger partial charge in [-0.3, -0.25) is 9.79 Å². The standard InChI is InChI=1S/C20H19N3OS2/c24-19(14-25-12-15-4-2-1-3-5-15)22-17-8-6-16(7-9-17)18-13-26-20-21-10-11-23(18)20/h1-9,13H,10-12,14H2,(H,22,24). The normalized spacial score (nSPS) is 15.5. The lowest BCUT2D eigenvalue weighted by Crippen LogP contribution is -2.19. The summed E-state index contributed by atoms with van der Waals surface area (Å²) >= 11 is 3.30. The van der Waals surface area contributed by atoms with Crippen LogP contribution in [-0.2, 0) is 10.5 Å². The Balaban J connectivity index is 1.29. The van der Waals surface area contributed by atoms with Crippen molar-refractivity contribution in [2.24, 2.45) is 4.99 Å². The molecule has 4 rings (SSSR count). The maximum absolute atomic E-state index is 12.1. The summed E-state index contributed by atoms with van der Waals surface area (Å²) in [6.45, 7) is 1.82. The first-order chi connectivity index (χ1) is 12.8. The number of amidine groups is 1. The quantitative estimate of drug-likeness (QED) is 0.811. The maximum atomic E-state index is 12.1. The van der Waals surface area contributed by atoms with Crippen LogP contribution in [-0.4, -0.2) is 34.8 Å². The summed E-state index contributed by atoms with van der Waals surface area (Å²) in [7, 11) is 0. The van der Waals surface area contributed by atoms with Crippen molar-refractivity contribution < 1.29 is 4.79 Å². The van der Waals surface area contributed by atoms with E-state index < -0.39 is 0 Å². The van der Waals surface area contributed by atoms with Crippen LogP contribution in [0.15, 0.2) is 65.0 Å². The van der Waals surface area contributed by atoms with Gasteiger partial charge in [-0.05, 0) is 23.3 Å². The molecule has 0 aliphatic carbocycles. The third kappa shape index (κ3) is 3.97. The highest BCUT2D eigenvalue weighted by Gasteiger charge is 2.26. The van der Waals surface area contributed by atoms with Crippen LogP contribution in [0.4, 0.5) is 5.69 Å². The van der Waals surface area contributed by atoms with Crippen LogP contribution in [0.3, 0.4) is 0 Å². The third-order valence-corrected chi connectivity index (χ3v) is 6.08. The van der Waals surface area contributed by atoms with Crippen LogP contribution in [0.2, 0.25) is 0 Å². The van der Waals surface area contributed by atoms with Crippen LogP contribution in [0.5, 0.6) is 0 Å². The summed E-state index contributed by atoms with van der Waals surface area (Å²) in [5.41, 5.74) is 4.42. The van der Waals surface area contributed by atoms with Gasteiger partial charge in [-0.15, -0.1) is 11.8 Å². The van der Waals surface area contributed by atoms with Gasteiger partial charge in [-0.25, -0.2) is 0 Å². The Labute approximate surface area is 161 Å². The van der Waals surface area contributed by atoms with Crippen LogP contribution >= 0.6 is 23.5 Å². The van der Waals surface area contributed by atoms with E-state index in [1.807, 2.05) is 30.3 Å². The SMILES string of the molecule is O=C(CSCc1ccccc1)Nc1ccc(C2=CSC3=NCCN23)cc1. The molecule has 4 nitrogen and oxygen atoms in total. The number of anilines is 1. The van der Waals surface area contributed by atoms with E-state index in [1.54, 1.807) is 23.5 Å². The molecule has 132 valence electrons. The molecule has 2 aliphatic heterocycles. The van der Waals surface area contributed by atoms with E-state index in [2.05, 4.69) is 44.9 Å². The lowest BCUT2D eigenvalue weighted by atomic mass is 10.1. The summed E-state index contributed by atoms with van der Waals surface area (Å²) in [5, 5.41) is 6.21. The molecular weight excluding hydrogens is 362 g/mol. The molecule has 0 radical (unpaired) electrons. The zero-order chi connectivity index (χ0) is 17.8. The number of fused-ring (bicyclic) bond motifs is 1. The smallest absolute Gasteiger partial charge is 0.234 e. The monoisotopic (exact) mass is 381 g/mol. The van der Waals surface area contributed by atoms with Gasteiger partial charge in [0.1, 0.15) is 0 Å². The number of carbonyl (C=O) groups is 1. The average Bonchev–Trinajstić information content (AvgIpc) is 3.27. The Morgan fingerprint density at radius 2 is 1.96 bits per heavy atom. The molecule has 0 bridgehead atoms. The second kappa shape index (κ2) is 8.01. The van der Waals surface area contributed by atoms with Gasteiger partial charge in [-0.1, -0.05) is 54.2 Å². The number of hydrogen-bond donors (Lipinski definition) is 1. The fraction of sp³-hybridized carbons (Fsp3) is 0.200. The highest BCUT2D eigenvalue weighted by Crippen LogP contribution is 2.35.